The maximum atomic E-state index is 12.6. The molecule has 2 aromatic rings. The summed E-state index contributed by atoms with van der Waals surface area (Å²) in [4.78, 5) is 14.4. The van der Waals surface area contributed by atoms with Gasteiger partial charge >= 0.3 is 0 Å². The lowest BCUT2D eigenvalue weighted by Gasteiger charge is -2.14. The van der Waals surface area contributed by atoms with E-state index < -0.39 is 0 Å². The number of fused-ring (bicyclic) bond motifs is 1. The zero-order valence-corrected chi connectivity index (χ0v) is 14.8. The van der Waals surface area contributed by atoms with Gasteiger partial charge in [-0.15, -0.1) is 5.10 Å². The highest BCUT2D eigenvalue weighted by molar-refractivity contribution is 6.54. The van der Waals surface area contributed by atoms with Gasteiger partial charge in [-0.2, -0.15) is 5.10 Å². The number of phenolic OH excluding ortho intramolecular Hbond substituents is 1. The molecule has 0 atom stereocenters. The molecule has 0 saturated carbocycles. The molecular formula is C20H21N3O3. The van der Waals surface area contributed by atoms with Gasteiger partial charge in [-0.05, 0) is 43.2 Å². The van der Waals surface area contributed by atoms with Crippen molar-refractivity contribution >= 4 is 23.5 Å². The number of carbonyl (C=O) groups excluding carboxylic acids is 1. The number of amides is 1. The van der Waals surface area contributed by atoms with Crippen LogP contribution in [0.4, 0.5) is 5.69 Å². The van der Waals surface area contributed by atoms with Crippen LogP contribution in [0.3, 0.4) is 0 Å². The predicted octanol–water partition coefficient (Wildman–Crippen LogP) is 3.37. The Morgan fingerprint density at radius 2 is 2.00 bits per heavy atom. The monoisotopic (exact) mass is 351 g/mol. The number of rotatable bonds is 6. The van der Waals surface area contributed by atoms with Gasteiger partial charge in [0.1, 0.15) is 0 Å². The van der Waals surface area contributed by atoms with Crippen molar-refractivity contribution in [2.24, 2.45) is 10.2 Å². The number of para-hydroxylation sites is 1. The van der Waals surface area contributed by atoms with Crippen LogP contribution in [-0.4, -0.2) is 36.1 Å². The van der Waals surface area contributed by atoms with Gasteiger partial charge in [0, 0.05) is 12.1 Å². The van der Waals surface area contributed by atoms with Gasteiger partial charge < -0.3 is 14.7 Å². The van der Waals surface area contributed by atoms with Gasteiger partial charge in [0.05, 0.1) is 18.5 Å². The maximum absolute atomic E-state index is 12.6. The number of nitrogens with zero attached hydrogens (tertiary/aromatic N) is 3. The van der Waals surface area contributed by atoms with Crippen molar-refractivity contribution in [1.82, 2.24) is 0 Å². The number of anilines is 1. The fraction of sp³-hybridized carbons (Fsp3) is 0.250. The first-order valence-electron chi connectivity index (χ1n) is 8.63. The Bertz CT molecular complexity index is 874. The van der Waals surface area contributed by atoms with Gasteiger partial charge in [0.2, 0.25) is 0 Å². The molecule has 1 aliphatic rings. The average Bonchev–Trinajstić information content (AvgIpc) is 2.91. The summed E-state index contributed by atoms with van der Waals surface area (Å²) in [6.07, 6.45) is 2.40. The Hall–Kier alpha value is -3.15. The molecular weight excluding hydrogens is 330 g/mol. The topological polar surface area (TPSA) is 74.5 Å². The highest BCUT2D eigenvalue weighted by atomic mass is 16.5. The molecule has 0 spiro atoms. The molecule has 6 heteroatoms. The molecule has 1 N–H and O–H groups in total. The summed E-state index contributed by atoms with van der Waals surface area (Å²) in [6, 6.07) is 12.5. The summed E-state index contributed by atoms with van der Waals surface area (Å²) < 4.78 is 5.35. The quantitative estimate of drug-likeness (QED) is 0.640. The molecule has 6 nitrogen and oxygen atoms in total. The minimum atomic E-state index is -0.133. The Kier molecular flexibility index (Phi) is 5.31. The summed E-state index contributed by atoms with van der Waals surface area (Å²) in [6.45, 7) is 4.98. The Morgan fingerprint density at radius 1 is 1.19 bits per heavy atom. The van der Waals surface area contributed by atoms with E-state index in [0.717, 1.165) is 23.2 Å². The normalized spacial score (nSPS) is 15.1. The van der Waals surface area contributed by atoms with Gasteiger partial charge in [0.25, 0.3) is 5.91 Å². The van der Waals surface area contributed by atoms with Crippen LogP contribution < -0.4 is 9.64 Å². The smallest absolute Gasteiger partial charge is 0.279 e. The second kappa shape index (κ2) is 7.82. The Labute approximate surface area is 152 Å². The summed E-state index contributed by atoms with van der Waals surface area (Å²) in [5.41, 5.74) is 2.73. The van der Waals surface area contributed by atoms with Crippen LogP contribution in [0, 0.1) is 0 Å². The summed E-state index contributed by atoms with van der Waals surface area (Å²) in [5, 5.41) is 18.0. The molecule has 1 amide bonds. The lowest BCUT2D eigenvalue weighted by molar-refractivity contribution is -0.112. The molecule has 26 heavy (non-hydrogen) atoms. The van der Waals surface area contributed by atoms with E-state index in [4.69, 9.17) is 4.74 Å². The number of benzene rings is 2. The predicted molar refractivity (Wildman–Crippen MR) is 102 cm³/mol. The van der Waals surface area contributed by atoms with Crippen molar-refractivity contribution in [3.63, 3.8) is 0 Å². The van der Waals surface area contributed by atoms with Crippen molar-refractivity contribution in [2.75, 3.05) is 18.1 Å². The molecule has 1 aliphatic heterocycles. The first kappa shape index (κ1) is 17.7. The van der Waals surface area contributed by atoms with Gasteiger partial charge in [0.15, 0.2) is 17.2 Å². The summed E-state index contributed by atoms with van der Waals surface area (Å²) >= 11 is 0. The summed E-state index contributed by atoms with van der Waals surface area (Å²) in [7, 11) is 0. The van der Waals surface area contributed by atoms with Crippen LogP contribution in [0.25, 0.3) is 0 Å². The number of aromatic hydroxyl groups is 1. The summed E-state index contributed by atoms with van der Waals surface area (Å²) in [5.74, 6) is 0.330. The third-order valence-electron chi connectivity index (χ3n) is 3.99. The SMILES string of the molecule is CCCN1C(=O)/C(=N/N=C/c2ccc(O)c(OCC)c2)c2ccccc21. The fourth-order valence-corrected chi connectivity index (χ4v) is 2.84. The van der Waals surface area contributed by atoms with Crippen molar-refractivity contribution in [1.29, 1.82) is 0 Å². The minimum Gasteiger partial charge on any atom is -0.504 e. The molecule has 0 bridgehead atoms. The fourth-order valence-electron chi connectivity index (χ4n) is 2.84. The van der Waals surface area contributed by atoms with Crippen LogP contribution in [-0.2, 0) is 4.79 Å². The van der Waals surface area contributed by atoms with Crippen molar-refractivity contribution in [3.05, 3.63) is 53.6 Å². The number of phenols is 1. The standard InChI is InChI=1S/C20H21N3O3/c1-3-11-23-16-8-6-5-7-15(16)19(20(23)25)22-21-13-14-9-10-17(24)18(12-14)26-4-2/h5-10,12-13,24H,3-4,11H2,1-2H3/b21-13+,22-19+. The van der Waals surface area contributed by atoms with E-state index in [1.807, 2.05) is 38.1 Å². The average molecular weight is 351 g/mol. The third-order valence-corrected chi connectivity index (χ3v) is 3.99. The van der Waals surface area contributed by atoms with E-state index in [0.29, 0.717) is 24.6 Å². The van der Waals surface area contributed by atoms with Crippen LogP contribution in [0.1, 0.15) is 31.4 Å². The molecule has 1 heterocycles. The highest BCUT2D eigenvalue weighted by Crippen LogP contribution is 2.29. The highest BCUT2D eigenvalue weighted by Gasteiger charge is 2.33. The maximum Gasteiger partial charge on any atom is 0.279 e. The van der Waals surface area contributed by atoms with E-state index in [1.165, 1.54) is 6.21 Å². The second-order valence-corrected chi connectivity index (χ2v) is 5.83. The molecule has 0 unspecified atom stereocenters. The molecule has 0 radical (unpaired) electrons. The van der Waals surface area contributed by atoms with E-state index in [2.05, 4.69) is 10.2 Å². The third kappa shape index (κ3) is 3.44. The molecule has 3 rings (SSSR count). The molecule has 0 fully saturated rings. The van der Waals surface area contributed by atoms with E-state index in [9.17, 15) is 9.90 Å². The lowest BCUT2D eigenvalue weighted by Crippen LogP contribution is -2.30. The van der Waals surface area contributed by atoms with E-state index in [-0.39, 0.29) is 11.7 Å². The van der Waals surface area contributed by atoms with Crippen LogP contribution >= 0.6 is 0 Å². The van der Waals surface area contributed by atoms with Crippen molar-refractivity contribution in [3.8, 4) is 11.5 Å². The van der Waals surface area contributed by atoms with Crippen LogP contribution in [0.15, 0.2) is 52.7 Å². The zero-order valence-electron chi connectivity index (χ0n) is 14.8. The first-order chi connectivity index (χ1) is 12.7. The molecule has 0 aliphatic carbocycles. The van der Waals surface area contributed by atoms with E-state index >= 15 is 0 Å². The van der Waals surface area contributed by atoms with Crippen LogP contribution in [0.2, 0.25) is 0 Å². The largest absolute Gasteiger partial charge is 0.504 e. The van der Waals surface area contributed by atoms with Crippen molar-refractivity contribution < 1.29 is 14.6 Å². The zero-order chi connectivity index (χ0) is 18.5. The first-order valence-corrected chi connectivity index (χ1v) is 8.63. The molecule has 2 aromatic carbocycles. The molecule has 0 aromatic heterocycles. The molecule has 134 valence electrons. The lowest BCUT2D eigenvalue weighted by atomic mass is 10.1. The van der Waals surface area contributed by atoms with Crippen LogP contribution in [0.5, 0.6) is 11.5 Å². The number of hydrogen-bond donors (Lipinski definition) is 1. The number of hydrogen-bond acceptors (Lipinski definition) is 5. The van der Waals surface area contributed by atoms with E-state index in [1.54, 1.807) is 23.1 Å². The molecule has 0 saturated heterocycles. The minimum absolute atomic E-state index is 0.0745. The van der Waals surface area contributed by atoms with Gasteiger partial charge in [-0.3, -0.25) is 4.79 Å². The van der Waals surface area contributed by atoms with Crippen molar-refractivity contribution in [2.45, 2.75) is 20.3 Å². The number of ether oxygens (including phenoxy) is 1. The van der Waals surface area contributed by atoms with Gasteiger partial charge in [-0.25, -0.2) is 0 Å². The number of carbonyl (C=O) groups is 1. The Balaban J connectivity index is 1.87. The van der Waals surface area contributed by atoms with Gasteiger partial charge in [-0.1, -0.05) is 25.1 Å². The Morgan fingerprint density at radius 3 is 2.77 bits per heavy atom. The second-order valence-electron chi connectivity index (χ2n) is 5.83.